The number of halogens is 1. The molecule has 0 spiro atoms. The summed E-state index contributed by atoms with van der Waals surface area (Å²) in [6.45, 7) is 5.15. The molecule has 2 aromatic rings. The second kappa shape index (κ2) is 11.9. The molecule has 0 radical (unpaired) electrons. The first-order chi connectivity index (χ1) is 15.9. The van der Waals surface area contributed by atoms with Crippen LogP contribution in [0.1, 0.15) is 25.8 Å². The number of cyclic esters (lactones) is 1. The SMILES string of the molecule is COCCCOc1cc(COCC(O)C2=CC(C(C)C)C(=O)O2)ccc1-c1ccc(F)cc1. The molecule has 0 saturated carbocycles. The molecule has 1 heterocycles. The van der Waals surface area contributed by atoms with Gasteiger partial charge in [0.05, 0.1) is 25.7 Å². The van der Waals surface area contributed by atoms with Gasteiger partial charge in [0.2, 0.25) is 0 Å². The molecule has 1 N–H and O–H groups in total. The molecular formula is C26H31FO6. The molecule has 2 aromatic carbocycles. The number of methoxy groups -OCH3 is 1. The van der Waals surface area contributed by atoms with E-state index in [1.54, 1.807) is 25.3 Å². The number of carbonyl (C=O) groups excluding carboxylic acids is 1. The molecule has 0 bridgehead atoms. The van der Waals surface area contributed by atoms with Crippen molar-refractivity contribution in [3.63, 3.8) is 0 Å². The predicted octanol–water partition coefficient (Wildman–Crippen LogP) is 4.50. The normalized spacial score (nSPS) is 16.6. The van der Waals surface area contributed by atoms with Crippen molar-refractivity contribution in [3.05, 3.63) is 65.7 Å². The fraction of sp³-hybridized carbons (Fsp3) is 0.423. The van der Waals surface area contributed by atoms with Gasteiger partial charge in [-0.25, -0.2) is 4.39 Å². The van der Waals surface area contributed by atoms with E-state index in [2.05, 4.69) is 0 Å². The molecule has 2 atom stereocenters. The van der Waals surface area contributed by atoms with E-state index in [0.29, 0.717) is 19.0 Å². The molecule has 2 unspecified atom stereocenters. The number of rotatable bonds is 12. The van der Waals surface area contributed by atoms with Gasteiger partial charge in [-0.1, -0.05) is 38.1 Å². The third-order valence-corrected chi connectivity index (χ3v) is 5.38. The minimum Gasteiger partial charge on any atom is -0.493 e. The van der Waals surface area contributed by atoms with E-state index in [1.807, 2.05) is 32.0 Å². The first-order valence-corrected chi connectivity index (χ1v) is 11.1. The second-order valence-corrected chi connectivity index (χ2v) is 8.32. The molecule has 0 aromatic heterocycles. The van der Waals surface area contributed by atoms with Crippen LogP contribution < -0.4 is 4.74 Å². The zero-order chi connectivity index (χ0) is 23.8. The lowest BCUT2D eigenvalue weighted by Gasteiger charge is -2.15. The average molecular weight is 459 g/mol. The number of carbonyl (C=O) groups is 1. The van der Waals surface area contributed by atoms with Gasteiger partial charge in [0.1, 0.15) is 23.4 Å². The fourth-order valence-corrected chi connectivity index (χ4v) is 3.51. The lowest BCUT2D eigenvalue weighted by molar-refractivity contribution is -0.142. The van der Waals surface area contributed by atoms with Crippen LogP contribution >= 0.6 is 0 Å². The van der Waals surface area contributed by atoms with Crippen molar-refractivity contribution >= 4 is 5.97 Å². The molecule has 6 nitrogen and oxygen atoms in total. The third-order valence-electron chi connectivity index (χ3n) is 5.38. The molecule has 7 heteroatoms. The first kappa shape index (κ1) is 24.9. The Morgan fingerprint density at radius 3 is 2.55 bits per heavy atom. The number of aliphatic hydroxyl groups excluding tert-OH is 1. The highest BCUT2D eigenvalue weighted by Crippen LogP contribution is 2.32. The second-order valence-electron chi connectivity index (χ2n) is 8.32. The monoisotopic (exact) mass is 458 g/mol. The summed E-state index contributed by atoms with van der Waals surface area (Å²) in [6, 6.07) is 11.9. The molecule has 0 saturated heterocycles. The van der Waals surface area contributed by atoms with Crippen LogP contribution in [0, 0.1) is 17.7 Å². The van der Waals surface area contributed by atoms with Crippen molar-refractivity contribution in [2.24, 2.45) is 11.8 Å². The predicted molar refractivity (Wildman–Crippen MR) is 122 cm³/mol. The molecular weight excluding hydrogens is 427 g/mol. The Labute approximate surface area is 193 Å². The van der Waals surface area contributed by atoms with Crippen molar-refractivity contribution in [3.8, 4) is 16.9 Å². The number of benzene rings is 2. The lowest BCUT2D eigenvalue weighted by atomic mass is 9.96. The Hall–Kier alpha value is -2.74. The van der Waals surface area contributed by atoms with E-state index in [0.717, 1.165) is 23.1 Å². The first-order valence-electron chi connectivity index (χ1n) is 11.1. The Balaban J connectivity index is 1.64. The van der Waals surface area contributed by atoms with Gasteiger partial charge < -0.3 is 24.1 Å². The number of ether oxygens (including phenoxy) is 4. The van der Waals surface area contributed by atoms with Crippen LogP contribution in [0.4, 0.5) is 4.39 Å². The molecule has 0 aliphatic carbocycles. The summed E-state index contributed by atoms with van der Waals surface area (Å²) in [7, 11) is 1.64. The van der Waals surface area contributed by atoms with E-state index >= 15 is 0 Å². The number of hydrogen-bond donors (Lipinski definition) is 1. The Kier molecular flexibility index (Phi) is 9.00. The molecule has 178 valence electrons. The number of esters is 1. The summed E-state index contributed by atoms with van der Waals surface area (Å²) in [6.07, 6.45) is 1.39. The van der Waals surface area contributed by atoms with Crippen molar-refractivity contribution < 1.29 is 33.2 Å². The average Bonchev–Trinajstić information content (AvgIpc) is 3.20. The van der Waals surface area contributed by atoms with Gasteiger partial charge in [-0.2, -0.15) is 0 Å². The van der Waals surface area contributed by atoms with Gasteiger partial charge in [0, 0.05) is 25.7 Å². The van der Waals surface area contributed by atoms with Gasteiger partial charge in [0.15, 0.2) is 0 Å². The van der Waals surface area contributed by atoms with Crippen LogP contribution in [0.2, 0.25) is 0 Å². The summed E-state index contributed by atoms with van der Waals surface area (Å²) in [4.78, 5) is 11.9. The maximum absolute atomic E-state index is 13.3. The smallest absolute Gasteiger partial charge is 0.318 e. The van der Waals surface area contributed by atoms with Crippen LogP contribution in [0.15, 0.2) is 54.3 Å². The topological polar surface area (TPSA) is 74.2 Å². The Bertz CT molecular complexity index is 954. The van der Waals surface area contributed by atoms with E-state index in [9.17, 15) is 14.3 Å². The fourth-order valence-electron chi connectivity index (χ4n) is 3.51. The standard InChI is InChI=1S/C26H31FO6/c1-17(2)22-14-25(33-26(22)29)23(28)16-31-15-18-5-10-21(19-6-8-20(27)9-7-19)24(13-18)32-12-4-11-30-3/h5-10,13-14,17,22-23,28H,4,11-12,15-16H2,1-3H3. The highest BCUT2D eigenvalue weighted by Gasteiger charge is 2.32. The Morgan fingerprint density at radius 1 is 1.12 bits per heavy atom. The van der Waals surface area contributed by atoms with Crippen LogP contribution in [0.5, 0.6) is 5.75 Å². The van der Waals surface area contributed by atoms with Crippen LogP contribution in [-0.4, -0.2) is 44.1 Å². The molecule has 3 rings (SSSR count). The van der Waals surface area contributed by atoms with E-state index in [-0.39, 0.29) is 42.6 Å². The molecule has 0 fully saturated rings. The largest absolute Gasteiger partial charge is 0.493 e. The summed E-state index contributed by atoms with van der Waals surface area (Å²) in [5.74, 6) is 0.0222. The number of aliphatic hydroxyl groups is 1. The maximum Gasteiger partial charge on any atom is 0.318 e. The lowest BCUT2D eigenvalue weighted by Crippen LogP contribution is -2.19. The summed E-state index contributed by atoms with van der Waals surface area (Å²) in [5, 5.41) is 10.3. The highest BCUT2D eigenvalue weighted by molar-refractivity contribution is 5.78. The van der Waals surface area contributed by atoms with Gasteiger partial charge in [-0.3, -0.25) is 4.79 Å². The van der Waals surface area contributed by atoms with Crippen LogP contribution in [0.3, 0.4) is 0 Å². The van der Waals surface area contributed by atoms with Crippen LogP contribution in [0.25, 0.3) is 11.1 Å². The summed E-state index contributed by atoms with van der Waals surface area (Å²) >= 11 is 0. The van der Waals surface area contributed by atoms with Crippen molar-refractivity contribution in [1.29, 1.82) is 0 Å². The molecule has 1 aliphatic rings. The van der Waals surface area contributed by atoms with Gasteiger partial charge >= 0.3 is 5.97 Å². The zero-order valence-electron chi connectivity index (χ0n) is 19.3. The van der Waals surface area contributed by atoms with Crippen molar-refractivity contribution in [2.75, 3.05) is 26.9 Å². The summed E-state index contributed by atoms with van der Waals surface area (Å²) < 4.78 is 35.3. The van der Waals surface area contributed by atoms with Crippen LogP contribution in [-0.2, 0) is 25.6 Å². The highest BCUT2D eigenvalue weighted by atomic mass is 19.1. The van der Waals surface area contributed by atoms with Gasteiger partial charge in [0.25, 0.3) is 0 Å². The van der Waals surface area contributed by atoms with E-state index in [1.165, 1.54) is 12.1 Å². The third kappa shape index (κ3) is 6.87. The minimum atomic E-state index is -1.01. The molecule has 0 amide bonds. The molecule has 1 aliphatic heterocycles. The van der Waals surface area contributed by atoms with Crippen molar-refractivity contribution in [1.82, 2.24) is 0 Å². The Morgan fingerprint density at radius 2 is 1.88 bits per heavy atom. The van der Waals surface area contributed by atoms with E-state index < -0.39 is 6.10 Å². The quantitative estimate of drug-likeness (QED) is 0.373. The van der Waals surface area contributed by atoms with E-state index in [4.69, 9.17) is 18.9 Å². The van der Waals surface area contributed by atoms with Gasteiger partial charge in [-0.05, 0) is 41.3 Å². The maximum atomic E-state index is 13.3. The molecule has 33 heavy (non-hydrogen) atoms. The summed E-state index contributed by atoms with van der Waals surface area (Å²) in [5.41, 5.74) is 2.54. The van der Waals surface area contributed by atoms with Gasteiger partial charge in [-0.15, -0.1) is 0 Å². The van der Waals surface area contributed by atoms with Crippen molar-refractivity contribution in [2.45, 2.75) is 33.0 Å². The zero-order valence-corrected chi connectivity index (χ0v) is 19.3. The minimum absolute atomic E-state index is 0.00628. The number of hydrogen-bond acceptors (Lipinski definition) is 6.